The van der Waals surface area contributed by atoms with Gasteiger partial charge in [-0.05, 0) is 61.8 Å². The smallest absolute Gasteiger partial charge is 0.307 e. The molecule has 3 fully saturated rings. The molecule has 1 aromatic carbocycles. The number of nitrogens with zero attached hydrogens (tertiary/aromatic N) is 1. The summed E-state index contributed by atoms with van der Waals surface area (Å²) in [6, 6.07) is 10.5. The van der Waals surface area contributed by atoms with E-state index in [1.54, 1.807) is 0 Å². The Kier molecular flexibility index (Phi) is 4.53. The lowest BCUT2D eigenvalue weighted by molar-refractivity contribution is -0.153. The molecule has 1 amide bonds. The molecule has 134 valence electrons. The lowest BCUT2D eigenvalue weighted by Gasteiger charge is -2.37. The van der Waals surface area contributed by atoms with E-state index in [2.05, 4.69) is 24.3 Å². The number of fused-ring (bicyclic) bond motifs is 2. The molecule has 2 aliphatic carbocycles. The fraction of sp³-hybridized carbons (Fsp3) is 0.619. The largest absolute Gasteiger partial charge is 0.481 e. The zero-order chi connectivity index (χ0) is 17.4. The Bertz CT molecular complexity index is 636. The maximum atomic E-state index is 13.0. The van der Waals surface area contributed by atoms with Crippen LogP contribution >= 0.6 is 0 Å². The normalized spacial score (nSPS) is 32.1. The monoisotopic (exact) mass is 341 g/mol. The van der Waals surface area contributed by atoms with Crippen molar-refractivity contribution < 1.29 is 14.7 Å². The first kappa shape index (κ1) is 16.6. The van der Waals surface area contributed by atoms with Crippen LogP contribution in [-0.2, 0) is 16.0 Å². The Morgan fingerprint density at radius 2 is 1.60 bits per heavy atom. The maximum Gasteiger partial charge on any atom is 0.307 e. The first-order chi connectivity index (χ1) is 12.1. The lowest BCUT2D eigenvalue weighted by Crippen LogP contribution is -2.46. The minimum absolute atomic E-state index is 0.123. The number of piperidine rings is 1. The highest BCUT2D eigenvalue weighted by Gasteiger charge is 2.54. The number of aliphatic carboxylic acids is 1. The quantitative estimate of drug-likeness (QED) is 0.915. The highest BCUT2D eigenvalue weighted by molar-refractivity contribution is 5.86. The van der Waals surface area contributed by atoms with Gasteiger partial charge in [-0.15, -0.1) is 0 Å². The van der Waals surface area contributed by atoms with Crippen molar-refractivity contribution in [3.8, 4) is 0 Å². The second-order valence-corrected chi connectivity index (χ2v) is 8.18. The molecule has 0 unspecified atom stereocenters. The number of hydrogen-bond acceptors (Lipinski definition) is 2. The van der Waals surface area contributed by atoms with Crippen molar-refractivity contribution in [1.82, 2.24) is 4.90 Å². The SMILES string of the molecule is O=C(O)[C@H]1[C@H]2CC[C@H](C2)[C@H]1C(=O)N1CCC(Cc2ccccc2)CC1. The van der Waals surface area contributed by atoms with Gasteiger partial charge in [-0.2, -0.15) is 0 Å². The third-order valence-corrected chi connectivity index (χ3v) is 6.78. The first-order valence-electron chi connectivity index (χ1n) is 9.69. The van der Waals surface area contributed by atoms with Crippen molar-refractivity contribution >= 4 is 11.9 Å². The summed E-state index contributed by atoms with van der Waals surface area (Å²) in [4.78, 5) is 26.7. The fourth-order valence-electron chi connectivity index (χ4n) is 5.52. The number of carbonyl (C=O) groups is 2. The van der Waals surface area contributed by atoms with E-state index in [0.29, 0.717) is 11.8 Å². The molecule has 1 aromatic rings. The number of amides is 1. The second-order valence-electron chi connectivity index (χ2n) is 8.18. The number of likely N-dealkylation sites (tertiary alicyclic amines) is 1. The van der Waals surface area contributed by atoms with Crippen molar-refractivity contribution in [2.45, 2.75) is 38.5 Å². The average Bonchev–Trinajstić information content (AvgIpc) is 3.24. The number of benzene rings is 1. The topological polar surface area (TPSA) is 57.6 Å². The highest BCUT2D eigenvalue weighted by Crippen LogP contribution is 2.53. The van der Waals surface area contributed by atoms with Crippen molar-refractivity contribution in [1.29, 1.82) is 0 Å². The Morgan fingerprint density at radius 1 is 0.960 bits per heavy atom. The van der Waals surface area contributed by atoms with Crippen LogP contribution in [0, 0.1) is 29.6 Å². The second kappa shape index (κ2) is 6.81. The van der Waals surface area contributed by atoms with E-state index in [9.17, 15) is 14.7 Å². The number of rotatable bonds is 4. The predicted molar refractivity (Wildman–Crippen MR) is 94.9 cm³/mol. The van der Waals surface area contributed by atoms with E-state index >= 15 is 0 Å². The Hall–Kier alpha value is -1.84. The van der Waals surface area contributed by atoms with Crippen LogP contribution in [0.5, 0.6) is 0 Å². The summed E-state index contributed by atoms with van der Waals surface area (Å²) < 4.78 is 0. The molecule has 3 aliphatic rings. The molecule has 1 aliphatic heterocycles. The van der Waals surface area contributed by atoms with E-state index in [0.717, 1.165) is 51.6 Å². The zero-order valence-electron chi connectivity index (χ0n) is 14.6. The molecule has 25 heavy (non-hydrogen) atoms. The fourth-order valence-corrected chi connectivity index (χ4v) is 5.52. The molecule has 0 spiro atoms. The first-order valence-corrected chi connectivity index (χ1v) is 9.69. The third-order valence-electron chi connectivity index (χ3n) is 6.78. The van der Waals surface area contributed by atoms with E-state index < -0.39 is 11.9 Å². The van der Waals surface area contributed by atoms with Gasteiger partial charge in [-0.1, -0.05) is 30.3 Å². The number of carbonyl (C=O) groups excluding carboxylic acids is 1. The van der Waals surface area contributed by atoms with Crippen LogP contribution in [0.15, 0.2) is 30.3 Å². The summed E-state index contributed by atoms with van der Waals surface area (Å²) in [5, 5.41) is 9.59. The molecule has 4 heteroatoms. The number of hydrogen-bond donors (Lipinski definition) is 1. The molecule has 4 nitrogen and oxygen atoms in total. The van der Waals surface area contributed by atoms with Gasteiger partial charge in [0.2, 0.25) is 5.91 Å². The van der Waals surface area contributed by atoms with Crippen LogP contribution in [0.25, 0.3) is 0 Å². The summed E-state index contributed by atoms with van der Waals surface area (Å²) in [7, 11) is 0. The van der Waals surface area contributed by atoms with Gasteiger partial charge in [0.05, 0.1) is 11.8 Å². The Balaban J connectivity index is 1.36. The van der Waals surface area contributed by atoms with Crippen molar-refractivity contribution in [3.63, 3.8) is 0 Å². The van der Waals surface area contributed by atoms with Gasteiger partial charge >= 0.3 is 5.97 Å². The third kappa shape index (κ3) is 3.19. The van der Waals surface area contributed by atoms with Crippen molar-refractivity contribution in [2.75, 3.05) is 13.1 Å². The standard InChI is InChI=1S/C21H27NO3/c23-20(18-16-6-7-17(13-16)19(18)21(24)25)22-10-8-15(9-11-22)12-14-4-2-1-3-5-14/h1-5,15-19H,6-13H2,(H,24,25)/t16-,17+,18-,19+/m1/s1. The van der Waals surface area contributed by atoms with Crippen LogP contribution in [-0.4, -0.2) is 35.0 Å². The summed E-state index contributed by atoms with van der Waals surface area (Å²) in [5.41, 5.74) is 1.37. The van der Waals surface area contributed by atoms with E-state index in [1.165, 1.54) is 5.56 Å². The maximum absolute atomic E-state index is 13.0. The molecule has 4 atom stereocenters. The molecule has 2 bridgehead atoms. The summed E-state index contributed by atoms with van der Waals surface area (Å²) in [6.07, 6.45) is 6.10. The Morgan fingerprint density at radius 3 is 2.24 bits per heavy atom. The van der Waals surface area contributed by atoms with Gasteiger partial charge in [-0.3, -0.25) is 9.59 Å². The van der Waals surface area contributed by atoms with Gasteiger partial charge in [-0.25, -0.2) is 0 Å². The van der Waals surface area contributed by atoms with Gasteiger partial charge in [0, 0.05) is 13.1 Å². The van der Waals surface area contributed by atoms with Gasteiger partial charge < -0.3 is 10.0 Å². The van der Waals surface area contributed by atoms with Crippen molar-refractivity contribution in [3.05, 3.63) is 35.9 Å². The van der Waals surface area contributed by atoms with Gasteiger partial charge in [0.15, 0.2) is 0 Å². The molecule has 2 saturated carbocycles. The molecule has 1 heterocycles. The number of carboxylic acids is 1. The molecular weight excluding hydrogens is 314 g/mol. The van der Waals surface area contributed by atoms with Crippen LogP contribution in [0.4, 0.5) is 0 Å². The van der Waals surface area contributed by atoms with E-state index in [1.807, 2.05) is 11.0 Å². The van der Waals surface area contributed by atoms with Crippen LogP contribution < -0.4 is 0 Å². The molecule has 0 aromatic heterocycles. The Labute approximate surface area is 149 Å². The van der Waals surface area contributed by atoms with Crippen LogP contribution in [0.2, 0.25) is 0 Å². The summed E-state index contributed by atoms with van der Waals surface area (Å²) in [6.45, 7) is 1.58. The van der Waals surface area contributed by atoms with Crippen LogP contribution in [0.3, 0.4) is 0 Å². The zero-order valence-corrected chi connectivity index (χ0v) is 14.6. The molecule has 0 radical (unpaired) electrons. The molecule has 4 rings (SSSR count). The minimum Gasteiger partial charge on any atom is -0.481 e. The lowest BCUT2D eigenvalue weighted by atomic mass is 9.78. The summed E-state index contributed by atoms with van der Waals surface area (Å²) >= 11 is 0. The van der Waals surface area contributed by atoms with E-state index in [-0.39, 0.29) is 17.7 Å². The van der Waals surface area contributed by atoms with Gasteiger partial charge in [0.25, 0.3) is 0 Å². The molecule has 1 N–H and O–H groups in total. The highest BCUT2D eigenvalue weighted by atomic mass is 16.4. The minimum atomic E-state index is -0.760. The predicted octanol–water partition coefficient (Wildman–Crippen LogP) is 3.21. The molecular formula is C21H27NO3. The molecule has 1 saturated heterocycles. The van der Waals surface area contributed by atoms with Crippen LogP contribution in [0.1, 0.15) is 37.7 Å². The average molecular weight is 341 g/mol. The summed E-state index contributed by atoms with van der Waals surface area (Å²) in [5.74, 6) is -0.174. The number of carboxylic acid groups (broad SMARTS) is 1. The van der Waals surface area contributed by atoms with E-state index in [4.69, 9.17) is 0 Å². The van der Waals surface area contributed by atoms with Crippen molar-refractivity contribution in [2.24, 2.45) is 29.6 Å². The van der Waals surface area contributed by atoms with Gasteiger partial charge in [0.1, 0.15) is 0 Å².